The summed E-state index contributed by atoms with van der Waals surface area (Å²) in [6, 6.07) is 4.30. The molecule has 2 heterocycles. The number of aliphatic hydroxyl groups excluding tert-OH is 1. The Bertz CT molecular complexity index is 947. The summed E-state index contributed by atoms with van der Waals surface area (Å²) in [5.74, 6) is -0.747. The molecule has 5 N–H and O–H groups in total. The molecule has 2 amide bonds. The third kappa shape index (κ3) is 4.75. The highest BCUT2D eigenvalue weighted by molar-refractivity contribution is 8.01. The molecule has 0 aromatic heterocycles. The number of hydrogen-bond donors (Lipinski definition) is 5. The largest absolute Gasteiger partial charge is 0.484 e. The Hall–Kier alpha value is -1.59. The maximum Gasteiger partial charge on any atom is 0.258 e. The monoisotopic (exact) mass is 512 g/mol. The van der Waals surface area contributed by atoms with Crippen LogP contribution in [0.3, 0.4) is 0 Å². The van der Waals surface area contributed by atoms with Crippen LogP contribution in [0.5, 0.6) is 5.75 Å². The number of benzene rings is 1. The van der Waals surface area contributed by atoms with Gasteiger partial charge in [-0.2, -0.15) is 0 Å². The number of amides is 2. The van der Waals surface area contributed by atoms with Crippen molar-refractivity contribution in [3.05, 3.63) is 29.0 Å². The van der Waals surface area contributed by atoms with Crippen molar-refractivity contribution in [1.29, 1.82) is 0 Å². The van der Waals surface area contributed by atoms with E-state index < -0.39 is 23.0 Å². The zero-order chi connectivity index (χ0) is 23.9. The Balaban J connectivity index is 1.14. The average Bonchev–Trinajstić information content (AvgIpc) is 3.26. The SMILES string of the molecule is O=C(COc1ccc(Cl)c(F)c1)NC12CCC(NC(=O)C3CC4NCCNC4S3)(CC1)CC2O. The molecule has 186 valence electrons. The van der Waals surface area contributed by atoms with Gasteiger partial charge in [-0.05, 0) is 50.7 Å². The van der Waals surface area contributed by atoms with Crippen molar-refractivity contribution in [2.75, 3.05) is 19.7 Å². The van der Waals surface area contributed by atoms with Crippen molar-refractivity contribution in [3.8, 4) is 5.75 Å². The van der Waals surface area contributed by atoms with Gasteiger partial charge in [-0.3, -0.25) is 9.59 Å². The van der Waals surface area contributed by atoms with E-state index in [1.807, 2.05) is 0 Å². The maximum atomic E-state index is 13.6. The fourth-order valence-electron chi connectivity index (χ4n) is 5.74. The standard InChI is InChI=1S/C23H30ClFN4O4S/c24-14-2-1-13(9-15(14)25)33-12-19(31)28-23-5-3-22(4-6-23,11-18(23)30)29-20(32)17-10-16-21(34-17)27-8-7-26-16/h1-2,9,16-18,21,26-27,30H,3-8,10-12H2,(H,28,31)(H,29,32). The molecule has 5 aliphatic rings. The van der Waals surface area contributed by atoms with Crippen LogP contribution in [0.25, 0.3) is 0 Å². The van der Waals surface area contributed by atoms with Crippen LogP contribution in [0.4, 0.5) is 4.39 Å². The Labute approximate surface area is 207 Å². The second kappa shape index (κ2) is 9.46. The van der Waals surface area contributed by atoms with Crippen LogP contribution in [0, 0.1) is 5.82 Å². The van der Waals surface area contributed by atoms with E-state index >= 15 is 0 Å². The van der Waals surface area contributed by atoms with E-state index in [0.717, 1.165) is 25.6 Å². The minimum atomic E-state index is -0.769. The smallest absolute Gasteiger partial charge is 0.258 e. The molecule has 34 heavy (non-hydrogen) atoms. The summed E-state index contributed by atoms with van der Waals surface area (Å²) < 4.78 is 19.0. The number of rotatable bonds is 6. The topological polar surface area (TPSA) is 112 Å². The second-order valence-corrected chi connectivity index (χ2v) is 11.6. The molecule has 1 aromatic carbocycles. The number of ether oxygens (including phenoxy) is 1. The number of carbonyl (C=O) groups is 2. The summed E-state index contributed by atoms with van der Waals surface area (Å²) in [7, 11) is 0. The molecule has 0 spiro atoms. The number of thioether (sulfide) groups is 1. The lowest BCUT2D eigenvalue weighted by molar-refractivity contribution is -0.136. The first-order valence-corrected chi connectivity index (χ1v) is 13.1. The van der Waals surface area contributed by atoms with E-state index in [2.05, 4.69) is 21.3 Å². The predicted molar refractivity (Wildman–Crippen MR) is 127 cm³/mol. The first kappa shape index (κ1) is 24.1. The van der Waals surface area contributed by atoms with E-state index in [9.17, 15) is 19.1 Å². The molecule has 11 heteroatoms. The molecule has 5 fully saturated rings. The van der Waals surface area contributed by atoms with Gasteiger partial charge in [-0.1, -0.05) is 11.6 Å². The maximum absolute atomic E-state index is 13.6. The van der Waals surface area contributed by atoms with Crippen molar-refractivity contribution in [2.45, 2.75) is 72.4 Å². The van der Waals surface area contributed by atoms with Gasteiger partial charge in [0, 0.05) is 30.7 Å². The number of nitrogens with one attached hydrogen (secondary N) is 4. The summed E-state index contributed by atoms with van der Waals surface area (Å²) >= 11 is 7.34. The summed E-state index contributed by atoms with van der Waals surface area (Å²) in [6.07, 6.45) is 2.96. The van der Waals surface area contributed by atoms with Crippen LogP contribution in [0.2, 0.25) is 5.02 Å². The van der Waals surface area contributed by atoms with E-state index in [-0.39, 0.29) is 39.8 Å². The van der Waals surface area contributed by atoms with Crippen LogP contribution < -0.4 is 26.0 Å². The molecule has 3 saturated carbocycles. The lowest BCUT2D eigenvalue weighted by Gasteiger charge is -2.56. The Morgan fingerprint density at radius 2 is 1.97 bits per heavy atom. The average molecular weight is 513 g/mol. The van der Waals surface area contributed by atoms with Gasteiger partial charge >= 0.3 is 0 Å². The first-order chi connectivity index (χ1) is 16.3. The van der Waals surface area contributed by atoms with Crippen molar-refractivity contribution in [1.82, 2.24) is 21.3 Å². The lowest BCUT2D eigenvalue weighted by atomic mass is 9.60. The summed E-state index contributed by atoms with van der Waals surface area (Å²) in [5, 5.41) is 24.3. The molecule has 4 atom stereocenters. The molecular weight excluding hydrogens is 483 g/mol. The van der Waals surface area contributed by atoms with Gasteiger partial charge in [0.2, 0.25) is 5.91 Å². The Morgan fingerprint density at radius 1 is 1.21 bits per heavy atom. The number of fused-ring (bicyclic) bond motifs is 4. The molecule has 8 nitrogen and oxygen atoms in total. The van der Waals surface area contributed by atoms with Crippen LogP contribution in [0.15, 0.2) is 18.2 Å². The summed E-state index contributed by atoms with van der Waals surface area (Å²) in [6.45, 7) is 1.54. The molecule has 1 aromatic rings. The van der Waals surface area contributed by atoms with Crippen LogP contribution in [0.1, 0.15) is 38.5 Å². The number of piperazine rings is 1. The number of carbonyl (C=O) groups excluding carboxylic acids is 2. The van der Waals surface area contributed by atoms with Crippen molar-refractivity contribution < 1.29 is 23.8 Å². The molecule has 4 unspecified atom stereocenters. The van der Waals surface area contributed by atoms with Gasteiger partial charge < -0.3 is 31.1 Å². The lowest BCUT2D eigenvalue weighted by Crippen LogP contribution is -2.70. The van der Waals surface area contributed by atoms with Crippen molar-refractivity contribution in [2.24, 2.45) is 0 Å². The number of hydrogen-bond acceptors (Lipinski definition) is 7. The van der Waals surface area contributed by atoms with Gasteiger partial charge in [0.25, 0.3) is 5.91 Å². The van der Waals surface area contributed by atoms with Gasteiger partial charge in [0.1, 0.15) is 11.6 Å². The van der Waals surface area contributed by atoms with Crippen LogP contribution in [-0.4, -0.2) is 70.5 Å². The van der Waals surface area contributed by atoms with Gasteiger partial charge in [0.05, 0.1) is 27.3 Å². The molecule has 0 radical (unpaired) electrons. The number of aliphatic hydroxyl groups is 1. The summed E-state index contributed by atoms with van der Waals surface area (Å²) in [5.41, 5.74) is -1.17. The highest BCUT2D eigenvalue weighted by Crippen LogP contribution is 2.47. The van der Waals surface area contributed by atoms with E-state index in [4.69, 9.17) is 16.3 Å². The molecule has 2 aliphatic heterocycles. The third-order valence-electron chi connectivity index (χ3n) is 7.67. The minimum Gasteiger partial charge on any atom is -0.484 e. The van der Waals surface area contributed by atoms with E-state index in [1.165, 1.54) is 12.1 Å². The molecule has 6 rings (SSSR count). The van der Waals surface area contributed by atoms with E-state index in [0.29, 0.717) is 38.1 Å². The van der Waals surface area contributed by atoms with E-state index in [1.54, 1.807) is 11.8 Å². The minimum absolute atomic E-state index is 0.0167. The highest BCUT2D eigenvalue weighted by Gasteiger charge is 2.56. The normalized spacial score (nSPS) is 36.6. The first-order valence-electron chi connectivity index (χ1n) is 11.8. The zero-order valence-corrected chi connectivity index (χ0v) is 20.3. The Morgan fingerprint density at radius 3 is 2.68 bits per heavy atom. The molecule has 2 saturated heterocycles. The molecular formula is C23H30ClFN4O4S. The quantitative estimate of drug-likeness (QED) is 0.390. The fourth-order valence-corrected chi connectivity index (χ4v) is 7.32. The highest BCUT2D eigenvalue weighted by atomic mass is 35.5. The van der Waals surface area contributed by atoms with Gasteiger partial charge in [0.15, 0.2) is 6.61 Å². The zero-order valence-electron chi connectivity index (χ0n) is 18.7. The summed E-state index contributed by atoms with van der Waals surface area (Å²) in [4.78, 5) is 25.6. The fraction of sp³-hybridized carbons (Fsp3) is 0.652. The molecule has 2 bridgehead atoms. The Kier molecular flexibility index (Phi) is 6.71. The van der Waals surface area contributed by atoms with Crippen LogP contribution >= 0.6 is 23.4 Å². The van der Waals surface area contributed by atoms with Crippen molar-refractivity contribution in [3.63, 3.8) is 0 Å². The second-order valence-electron chi connectivity index (χ2n) is 9.85. The van der Waals surface area contributed by atoms with Crippen LogP contribution in [-0.2, 0) is 9.59 Å². The van der Waals surface area contributed by atoms with Crippen molar-refractivity contribution >= 4 is 35.2 Å². The van der Waals surface area contributed by atoms with Gasteiger partial charge in [-0.15, -0.1) is 11.8 Å². The predicted octanol–water partition coefficient (Wildman–Crippen LogP) is 1.30. The molecule has 3 aliphatic carbocycles. The number of halogens is 2. The third-order valence-corrected chi connectivity index (χ3v) is 9.50. The van der Waals surface area contributed by atoms with Gasteiger partial charge in [-0.25, -0.2) is 4.39 Å².